The number of benzene rings is 3. The van der Waals surface area contributed by atoms with Crippen LogP contribution in [0.5, 0.6) is 0 Å². The Kier molecular flexibility index (Phi) is 9.08. The largest absolute Gasteiger partial charge is 0.354 e. The maximum atomic E-state index is 13.6. The lowest BCUT2D eigenvalue weighted by Gasteiger charge is -2.32. The molecule has 0 fully saturated rings. The van der Waals surface area contributed by atoms with E-state index in [1.54, 1.807) is 17.0 Å². The van der Waals surface area contributed by atoms with Gasteiger partial charge in [-0.15, -0.1) is 0 Å². The van der Waals surface area contributed by atoms with E-state index in [9.17, 15) is 9.59 Å². The van der Waals surface area contributed by atoms with E-state index in [-0.39, 0.29) is 18.2 Å². The van der Waals surface area contributed by atoms with Gasteiger partial charge in [0.25, 0.3) is 0 Å². The zero-order valence-corrected chi connectivity index (χ0v) is 20.0. The monoisotopic (exact) mass is 462 g/mol. The van der Waals surface area contributed by atoms with Crippen LogP contribution in [0.3, 0.4) is 0 Å². The number of amides is 2. The zero-order valence-electron chi connectivity index (χ0n) is 19.2. The molecule has 3 aromatic carbocycles. The number of carbonyl (C=O) groups is 2. The summed E-state index contributed by atoms with van der Waals surface area (Å²) in [4.78, 5) is 28.7. The molecule has 1 atom stereocenters. The first-order valence-electron chi connectivity index (χ1n) is 11.3. The number of nitrogens with one attached hydrogen (secondary N) is 1. The molecule has 1 N–H and O–H groups in total. The Labute approximate surface area is 201 Å². The Balaban J connectivity index is 1.92. The molecule has 33 heavy (non-hydrogen) atoms. The molecule has 4 nitrogen and oxygen atoms in total. The molecule has 0 aliphatic rings. The fraction of sp³-hybridized carbons (Fsp3) is 0.286. The summed E-state index contributed by atoms with van der Waals surface area (Å²) < 4.78 is 0. The Bertz CT molecular complexity index is 1020. The summed E-state index contributed by atoms with van der Waals surface area (Å²) in [6.07, 6.45) is 0.650. The van der Waals surface area contributed by atoms with Crippen molar-refractivity contribution in [3.63, 3.8) is 0 Å². The van der Waals surface area contributed by atoms with E-state index < -0.39 is 6.04 Å². The van der Waals surface area contributed by atoms with Crippen molar-refractivity contribution in [2.75, 3.05) is 6.54 Å². The van der Waals surface area contributed by atoms with Crippen LogP contribution in [0.1, 0.15) is 30.5 Å². The van der Waals surface area contributed by atoms with Gasteiger partial charge < -0.3 is 10.2 Å². The number of rotatable bonds is 10. The van der Waals surface area contributed by atoms with Crippen LogP contribution in [0.15, 0.2) is 84.9 Å². The minimum atomic E-state index is -0.619. The Hall–Kier alpha value is -3.11. The lowest BCUT2D eigenvalue weighted by atomic mass is 10.0. The summed E-state index contributed by atoms with van der Waals surface area (Å²) in [7, 11) is 0. The Morgan fingerprint density at radius 3 is 1.97 bits per heavy atom. The standard InChI is InChI=1S/C28H31ClN2O2/c1-21(2)19-30-28(33)26(17-22-9-5-3-6-10-22)31(20-24-11-7-4-8-12-24)27(32)18-23-13-15-25(29)16-14-23/h3-16,21,26H,17-20H2,1-2H3,(H,30,33)/t26-/m1/s1. The maximum absolute atomic E-state index is 13.6. The summed E-state index contributed by atoms with van der Waals surface area (Å²) in [6.45, 7) is 5.04. The second-order valence-corrected chi connectivity index (χ2v) is 9.09. The molecular weight excluding hydrogens is 432 g/mol. The van der Waals surface area contributed by atoms with Crippen molar-refractivity contribution in [2.24, 2.45) is 5.92 Å². The molecule has 5 heteroatoms. The van der Waals surface area contributed by atoms with Crippen LogP contribution in [-0.4, -0.2) is 29.3 Å². The molecule has 2 amide bonds. The van der Waals surface area contributed by atoms with Crippen molar-refractivity contribution in [2.45, 2.75) is 39.3 Å². The van der Waals surface area contributed by atoms with E-state index >= 15 is 0 Å². The smallest absolute Gasteiger partial charge is 0.243 e. The van der Waals surface area contributed by atoms with Crippen LogP contribution in [0.2, 0.25) is 5.02 Å². The number of halogens is 1. The molecule has 0 saturated heterocycles. The van der Waals surface area contributed by atoms with Gasteiger partial charge in [-0.2, -0.15) is 0 Å². The zero-order chi connectivity index (χ0) is 23.6. The van der Waals surface area contributed by atoms with Gasteiger partial charge in [-0.1, -0.05) is 98.2 Å². The van der Waals surface area contributed by atoms with E-state index in [1.165, 1.54) is 0 Å². The van der Waals surface area contributed by atoms with E-state index in [1.807, 2.05) is 72.8 Å². The number of hydrogen-bond acceptors (Lipinski definition) is 2. The average Bonchev–Trinajstić information content (AvgIpc) is 2.82. The van der Waals surface area contributed by atoms with Gasteiger partial charge in [-0.05, 0) is 34.7 Å². The topological polar surface area (TPSA) is 49.4 Å². The summed E-state index contributed by atoms with van der Waals surface area (Å²) >= 11 is 6.01. The number of hydrogen-bond donors (Lipinski definition) is 1. The minimum Gasteiger partial charge on any atom is -0.354 e. The van der Waals surface area contributed by atoms with Crippen molar-refractivity contribution in [3.8, 4) is 0 Å². The second kappa shape index (κ2) is 12.2. The molecule has 3 aromatic rings. The van der Waals surface area contributed by atoms with Gasteiger partial charge in [0.15, 0.2) is 0 Å². The minimum absolute atomic E-state index is 0.0956. The predicted octanol–water partition coefficient (Wildman–Crippen LogP) is 5.29. The van der Waals surface area contributed by atoms with Crippen molar-refractivity contribution >= 4 is 23.4 Å². The van der Waals surface area contributed by atoms with E-state index in [2.05, 4.69) is 19.2 Å². The molecule has 0 saturated carbocycles. The van der Waals surface area contributed by atoms with Crippen LogP contribution in [0.25, 0.3) is 0 Å². The predicted molar refractivity (Wildman–Crippen MR) is 134 cm³/mol. The first-order valence-corrected chi connectivity index (χ1v) is 11.7. The lowest BCUT2D eigenvalue weighted by Crippen LogP contribution is -2.51. The first-order chi connectivity index (χ1) is 15.9. The molecule has 0 bridgehead atoms. The van der Waals surface area contributed by atoms with Gasteiger partial charge in [0, 0.05) is 24.5 Å². The van der Waals surface area contributed by atoms with Gasteiger partial charge >= 0.3 is 0 Å². The van der Waals surface area contributed by atoms with Crippen molar-refractivity contribution in [1.82, 2.24) is 10.2 Å². The van der Waals surface area contributed by atoms with Crippen molar-refractivity contribution < 1.29 is 9.59 Å². The third-order valence-electron chi connectivity index (χ3n) is 5.42. The summed E-state index contributed by atoms with van der Waals surface area (Å²) in [5.41, 5.74) is 2.86. The van der Waals surface area contributed by atoms with Crippen LogP contribution in [-0.2, 0) is 29.0 Å². The number of nitrogens with zero attached hydrogens (tertiary/aromatic N) is 1. The highest BCUT2D eigenvalue weighted by molar-refractivity contribution is 6.30. The molecule has 0 unspecified atom stereocenters. The normalized spacial score (nSPS) is 11.8. The SMILES string of the molecule is CC(C)CNC(=O)[C@@H](Cc1ccccc1)N(Cc1ccccc1)C(=O)Cc1ccc(Cl)cc1. The quantitative estimate of drug-likeness (QED) is 0.444. The highest BCUT2D eigenvalue weighted by Gasteiger charge is 2.30. The van der Waals surface area contributed by atoms with Crippen LogP contribution in [0, 0.1) is 5.92 Å². The highest BCUT2D eigenvalue weighted by atomic mass is 35.5. The molecule has 0 aliphatic carbocycles. The van der Waals surface area contributed by atoms with Gasteiger partial charge in [0.1, 0.15) is 6.04 Å². The van der Waals surface area contributed by atoms with E-state index in [0.29, 0.717) is 30.5 Å². The van der Waals surface area contributed by atoms with Crippen molar-refractivity contribution in [3.05, 3.63) is 107 Å². The first kappa shape index (κ1) is 24.5. The summed E-state index contributed by atoms with van der Waals surface area (Å²) in [5.74, 6) is 0.0911. The van der Waals surface area contributed by atoms with Crippen LogP contribution < -0.4 is 5.32 Å². The summed E-state index contributed by atoms with van der Waals surface area (Å²) in [5, 5.41) is 3.67. The number of carbonyl (C=O) groups excluding carboxylic acids is 2. The van der Waals surface area contributed by atoms with Crippen LogP contribution in [0.4, 0.5) is 0 Å². The van der Waals surface area contributed by atoms with Gasteiger partial charge in [-0.3, -0.25) is 9.59 Å². The molecule has 172 valence electrons. The van der Waals surface area contributed by atoms with E-state index in [0.717, 1.165) is 16.7 Å². The molecule has 0 aromatic heterocycles. The van der Waals surface area contributed by atoms with Gasteiger partial charge in [0.05, 0.1) is 6.42 Å². The van der Waals surface area contributed by atoms with Gasteiger partial charge in [-0.25, -0.2) is 0 Å². The molecule has 3 rings (SSSR count). The Morgan fingerprint density at radius 2 is 1.39 bits per heavy atom. The summed E-state index contributed by atoms with van der Waals surface area (Å²) in [6, 6.07) is 26.3. The second-order valence-electron chi connectivity index (χ2n) is 8.66. The fourth-order valence-electron chi connectivity index (χ4n) is 3.64. The van der Waals surface area contributed by atoms with Crippen LogP contribution >= 0.6 is 11.6 Å². The van der Waals surface area contributed by atoms with Gasteiger partial charge in [0.2, 0.25) is 11.8 Å². The molecule has 0 spiro atoms. The third-order valence-corrected chi connectivity index (χ3v) is 5.67. The van der Waals surface area contributed by atoms with E-state index in [4.69, 9.17) is 11.6 Å². The molecule has 0 aliphatic heterocycles. The van der Waals surface area contributed by atoms with Crippen molar-refractivity contribution in [1.29, 1.82) is 0 Å². The fourth-order valence-corrected chi connectivity index (χ4v) is 3.76. The Morgan fingerprint density at radius 1 is 0.818 bits per heavy atom. The lowest BCUT2D eigenvalue weighted by molar-refractivity contribution is -0.140. The molecule has 0 heterocycles. The maximum Gasteiger partial charge on any atom is 0.243 e. The average molecular weight is 463 g/mol. The highest BCUT2D eigenvalue weighted by Crippen LogP contribution is 2.17. The molecular formula is C28H31ClN2O2. The molecule has 0 radical (unpaired) electrons. The third kappa shape index (κ3) is 7.76.